The second-order valence-corrected chi connectivity index (χ2v) is 8.64. The van der Waals surface area contributed by atoms with Crippen LogP contribution in [0.4, 0.5) is 0 Å². The van der Waals surface area contributed by atoms with Crippen LogP contribution in [0.15, 0.2) is 29.2 Å². The Morgan fingerprint density at radius 2 is 1.58 bits per heavy atom. The molecule has 1 rings (SSSR count). The van der Waals surface area contributed by atoms with Gasteiger partial charge in [-0.2, -0.15) is 0 Å². The molecule has 0 aliphatic rings. The Hall–Kier alpha value is -0.870. The molecule has 0 radical (unpaired) electrons. The van der Waals surface area contributed by atoms with Crippen molar-refractivity contribution in [3.63, 3.8) is 0 Å². The van der Waals surface area contributed by atoms with Crippen LogP contribution >= 0.6 is 0 Å². The lowest BCUT2D eigenvalue weighted by Gasteiger charge is -2.33. The second kappa shape index (κ2) is 5.25. The predicted octanol–water partition coefficient (Wildman–Crippen LogP) is 3.49. The van der Waals surface area contributed by atoms with E-state index in [4.69, 9.17) is 0 Å². The number of hydrogen-bond acceptors (Lipinski definition) is 2. The van der Waals surface area contributed by atoms with Crippen molar-refractivity contribution in [2.75, 3.05) is 0 Å². The minimum atomic E-state index is -3.47. The number of hydrogen-bond donors (Lipinski definition) is 1. The number of sulfonamides is 1. The minimum absolute atomic E-state index is 0.0672. The van der Waals surface area contributed by atoms with Crippen molar-refractivity contribution in [1.29, 1.82) is 0 Å². The van der Waals surface area contributed by atoms with E-state index in [0.717, 1.165) is 12.0 Å². The lowest BCUT2D eigenvalue weighted by molar-refractivity contribution is 0.269. The molecule has 0 heterocycles. The van der Waals surface area contributed by atoms with Gasteiger partial charge in [0.15, 0.2) is 0 Å². The summed E-state index contributed by atoms with van der Waals surface area (Å²) in [6.45, 7) is 12.0. The number of nitrogens with one attached hydrogen (secondary N) is 1. The first-order valence-corrected chi connectivity index (χ1v) is 8.01. The highest BCUT2D eigenvalue weighted by Gasteiger charge is 2.30. The summed E-state index contributed by atoms with van der Waals surface area (Å²) >= 11 is 0. The van der Waals surface area contributed by atoms with Gasteiger partial charge in [-0.1, -0.05) is 39.0 Å². The molecule has 0 bridgehead atoms. The third-order valence-electron chi connectivity index (χ3n) is 2.77. The van der Waals surface area contributed by atoms with Crippen molar-refractivity contribution < 1.29 is 8.42 Å². The van der Waals surface area contributed by atoms with Crippen molar-refractivity contribution in [1.82, 2.24) is 4.72 Å². The third kappa shape index (κ3) is 4.96. The van der Waals surface area contributed by atoms with Gasteiger partial charge in [-0.05, 0) is 44.2 Å². The Morgan fingerprint density at radius 1 is 1.05 bits per heavy atom. The quantitative estimate of drug-likeness (QED) is 0.919. The van der Waals surface area contributed by atoms with Crippen molar-refractivity contribution in [2.24, 2.45) is 5.41 Å². The standard InChI is InChI=1S/C15H25NO2S/c1-12-9-7-8-10-13(12)19(17,18)16-15(5,6)11-14(2,3)4/h7-10,16H,11H2,1-6H3. The molecule has 0 spiro atoms. The Bertz CT molecular complexity index is 540. The van der Waals surface area contributed by atoms with E-state index in [1.165, 1.54) is 0 Å². The average molecular weight is 283 g/mol. The SMILES string of the molecule is Cc1ccccc1S(=O)(=O)NC(C)(C)CC(C)(C)C. The molecule has 0 aliphatic heterocycles. The van der Waals surface area contributed by atoms with Crippen LogP contribution in [0.2, 0.25) is 0 Å². The maximum Gasteiger partial charge on any atom is 0.241 e. The van der Waals surface area contributed by atoms with Crippen LogP contribution in [0.3, 0.4) is 0 Å². The number of rotatable bonds is 4. The molecule has 0 fully saturated rings. The van der Waals surface area contributed by atoms with Crippen LogP contribution in [0.5, 0.6) is 0 Å². The maximum absolute atomic E-state index is 12.4. The van der Waals surface area contributed by atoms with Crippen LogP contribution in [-0.2, 0) is 10.0 Å². The van der Waals surface area contributed by atoms with Crippen LogP contribution in [0.1, 0.15) is 46.6 Å². The Labute approximate surface area is 117 Å². The molecule has 108 valence electrons. The maximum atomic E-state index is 12.4. The highest BCUT2D eigenvalue weighted by molar-refractivity contribution is 7.89. The molecule has 3 nitrogen and oxygen atoms in total. The summed E-state index contributed by atoms with van der Waals surface area (Å²) in [5, 5.41) is 0. The first-order valence-electron chi connectivity index (χ1n) is 6.53. The molecule has 1 aromatic carbocycles. The van der Waals surface area contributed by atoms with E-state index in [-0.39, 0.29) is 5.41 Å². The lowest BCUT2D eigenvalue weighted by atomic mass is 9.82. The predicted molar refractivity (Wildman–Crippen MR) is 79.7 cm³/mol. The highest BCUT2D eigenvalue weighted by atomic mass is 32.2. The third-order valence-corrected chi connectivity index (χ3v) is 4.62. The molecule has 0 amide bonds. The van der Waals surface area contributed by atoms with Crippen LogP contribution in [-0.4, -0.2) is 14.0 Å². The van der Waals surface area contributed by atoms with E-state index in [1.54, 1.807) is 12.1 Å². The van der Waals surface area contributed by atoms with E-state index in [0.29, 0.717) is 4.90 Å². The summed E-state index contributed by atoms with van der Waals surface area (Å²) < 4.78 is 27.7. The van der Waals surface area contributed by atoms with E-state index in [9.17, 15) is 8.42 Å². The topological polar surface area (TPSA) is 46.2 Å². The first-order chi connectivity index (χ1) is 8.43. The highest BCUT2D eigenvalue weighted by Crippen LogP contribution is 2.28. The Kier molecular flexibility index (Phi) is 4.47. The number of benzene rings is 1. The largest absolute Gasteiger partial charge is 0.241 e. The molecule has 0 aromatic heterocycles. The molecular formula is C15H25NO2S. The fourth-order valence-corrected chi connectivity index (χ4v) is 4.30. The summed E-state index contributed by atoms with van der Waals surface area (Å²) in [4.78, 5) is 0.358. The Balaban J connectivity index is 3.01. The fourth-order valence-electron chi connectivity index (χ4n) is 2.64. The van der Waals surface area contributed by atoms with Gasteiger partial charge in [0.25, 0.3) is 0 Å². The van der Waals surface area contributed by atoms with Crippen LogP contribution < -0.4 is 4.72 Å². The van der Waals surface area contributed by atoms with Crippen molar-refractivity contribution in [3.8, 4) is 0 Å². The van der Waals surface area contributed by atoms with Gasteiger partial charge in [-0.25, -0.2) is 13.1 Å². The van der Waals surface area contributed by atoms with Gasteiger partial charge in [-0.15, -0.1) is 0 Å². The molecular weight excluding hydrogens is 258 g/mol. The zero-order chi connectivity index (χ0) is 14.9. The molecule has 1 N–H and O–H groups in total. The molecule has 1 aromatic rings. The van der Waals surface area contributed by atoms with Gasteiger partial charge in [0.2, 0.25) is 10.0 Å². The molecule has 0 saturated carbocycles. The van der Waals surface area contributed by atoms with Gasteiger partial charge in [-0.3, -0.25) is 0 Å². The lowest BCUT2D eigenvalue weighted by Crippen LogP contribution is -2.45. The van der Waals surface area contributed by atoms with Gasteiger partial charge < -0.3 is 0 Å². The van der Waals surface area contributed by atoms with Gasteiger partial charge in [0, 0.05) is 5.54 Å². The fraction of sp³-hybridized carbons (Fsp3) is 0.600. The van der Waals surface area contributed by atoms with Crippen molar-refractivity contribution >= 4 is 10.0 Å². The molecule has 4 heteroatoms. The normalized spacial score (nSPS) is 13.6. The minimum Gasteiger partial charge on any atom is -0.207 e. The Morgan fingerprint density at radius 3 is 2.05 bits per heavy atom. The molecule has 0 atom stereocenters. The summed E-state index contributed by atoms with van der Waals surface area (Å²) in [6, 6.07) is 7.04. The van der Waals surface area contributed by atoms with Crippen molar-refractivity contribution in [3.05, 3.63) is 29.8 Å². The van der Waals surface area contributed by atoms with Crippen LogP contribution in [0, 0.1) is 12.3 Å². The van der Waals surface area contributed by atoms with Gasteiger partial charge >= 0.3 is 0 Å². The summed E-state index contributed by atoms with van der Waals surface area (Å²) in [6.07, 6.45) is 0.769. The molecule has 0 unspecified atom stereocenters. The molecule has 0 saturated heterocycles. The van der Waals surface area contributed by atoms with E-state index >= 15 is 0 Å². The summed E-state index contributed by atoms with van der Waals surface area (Å²) in [7, 11) is -3.47. The zero-order valence-electron chi connectivity index (χ0n) is 12.7. The van der Waals surface area contributed by atoms with E-state index in [2.05, 4.69) is 25.5 Å². The van der Waals surface area contributed by atoms with Crippen LogP contribution in [0.25, 0.3) is 0 Å². The summed E-state index contributed by atoms with van der Waals surface area (Å²) in [5.41, 5.74) is 0.360. The first kappa shape index (κ1) is 16.2. The smallest absolute Gasteiger partial charge is 0.207 e. The molecule has 0 aliphatic carbocycles. The second-order valence-electron chi connectivity index (χ2n) is 6.99. The van der Waals surface area contributed by atoms with E-state index < -0.39 is 15.6 Å². The molecule has 19 heavy (non-hydrogen) atoms. The van der Waals surface area contributed by atoms with Gasteiger partial charge in [0.05, 0.1) is 4.90 Å². The van der Waals surface area contributed by atoms with Gasteiger partial charge in [0.1, 0.15) is 0 Å². The monoisotopic (exact) mass is 283 g/mol. The summed E-state index contributed by atoms with van der Waals surface area (Å²) in [5.74, 6) is 0. The van der Waals surface area contributed by atoms with Crippen molar-refractivity contribution in [2.45, 2.75) is 58.4 Å². The zero-order valence-corrected chi connectivity index (χ0v) is 13.6. The number of aryl methyl sites for hydroxylation is 1. The average Bonchev–Trinajstić information content (AvgIpc) is 2.11. The van der Waals surface area contributed by atoms with E-state index in [1.807, 2.05) is 32.9 Å².